The molecule has 6 heteroatoms. The Morgan fingerprint density at radius 3 is 2.27 bits per heavy atom. The lowest BCUT2D eigenvalue weighted by molar-refractivity contribution is -0.146. The summed E-state index contributed by atoms with van der Waals surface area (Å²) in [6.45, 7) is 6.00. The summed E-state index contributed by atoms with van der Waals surface area (Å²) in [5.74, 6) is -1.24. The average molecular weight is 211 g/mol. The number of carboxylic acid groups (broad SMARTS) is 1. The molecule has 1 aromatic heterocycles. The van der Waals surface area contributed by atoms with Crippen LogP contribution in [-0.4, -0.2) is 31.9 Å². The Hall–Kier alpha value is -1.72. The molecule has 0 saturated carbocycles. The number of hydrogen-bond acceptors (Lipinski definition) is 4. The van der Waals surface area contributed by atoms with Crippen LogP contribution >= 0.6 is 0 Å². The van der Waals surface area contributed by atoms with Gasteiger partial charge < -0.3 is 5.11 Å². The third-order valence-corrected chi connectivity index (χ3v) is 2.28. The van der Waals surface area contributed by atoms with E-state index in [9.17, 15) is 9.59 Å². The van der Waals surface area contributed by atoms with E-state index in [0.29, 0.717) is 5.69 Å². The maximum Gasteiger partial charge on any atom is 0.331 e. The predicted octanol–water partition coefficient (Wildman–Crippen LogP) is 0.609. The molecule has 6 nitrogen and oxygen atoms in total. The van der Waals surface area contributed by atoms with Gasteiger partial charge in [0.15, 0.2) is 17.0 Å². The molecule has 1 aromatic rings. The number of Topliss-reactive ketones (excluding diaryl/α,β-unsaturated/α-hetero) is 1. The zero-order chi connectivity index (χ0) is 11.8. The Balaban J connectivity index is 3.29. The third-order valence-electron chi connectivity index (χ3n) is 2.28. The molecule has 15 heavy (non-hydrogen) atoms. The molecule has 0 aromatic carbocycles. The highest BCUT2D eigenvalue weighted by molar-refractivity contribution is 5.93. The third kappa shape index (κ3) is 1.74. The maximum absolute atomic E-state index is 11.1. The number of carbonyl (C=O) groups is 2. The van der Waals surface area contributed by atoms with Crippen LogP contribution in [-0.2, 0) is 10.3 Å². The first kappa shape index (κ1) is 11.4. The number of carbonyl (C=O) groups excluding carboxylic acids is 1. The first-order valence-corrected chi connectivity index (χ1v) is 4.45. The van der Waals surface area contributed by atoms with Gasteiger partial charge in [-0.3, -0.25) is 4.79 Å². The SMILES string of the molecule is CC(=O)c1nnn(C(C)(C)C(=O)O)c1C. The van der Waals surface area contributed by atoms with Crippen LogP contribution in [0.15, 0.2) is 0 Å². The van der Waals surface area contributed by atoms with Crippen molar-refractivity contribution in [2.24, 2.45) is 0 Å². The molecule has 0 bridgehead atoms. The molecule has 0 fully saturated rings. The van der Waals surface area contributed by atoms with Crippen molar-refractivity contribution in [1.82, 2.24) is 15.0 Å². The minimum Gasteiger partial charge on any atom is -0.479 e. The van der Waals surface area contributed by atoms with E-state index < -0.39 is 11.5 Å². The average Bonchev–Trinajstić information content (AvgIpc) is 2.46. The van der Waals surface area contributed by atoms with E-state index >= 15 is 0 Å². The fraction of sp³-hybridized carbons (Fsp3) is 0.556. The van der Waals surface area contributed by atoms with E-state index in [4.69, 9.17) is 5.11 Å². The van der Waals surface area contributed by atoms with E-state index in [2.05, 4.69) is 10.3 Å². The van der Waals surface area contributed by atoms with Gasteiger partial charge in [-0.15, -0.1) is 5.10 Å². The Bertz CT molecular complexity index is 420. The zero-order valence-electron chi connectivity index (χ0n) is 9.11. The van der Waals surface area contributed by atoms with Crippen LogP contribution in [0, 0.1) is 6.92 Å². The molecule has 1 N–H and O–H groups in total. The summed E-state index contributed by atoms with van der Waals surface area (Å²) in [7, 11) is 0. The second-order valence-corrected chi connectivity index (χ2v) is 3.86. The smallest absolute Gasteiger partial charge is 0.331 e. The first-order chi connectivity index (χ1) is 6.78. The van der Waals surface area contributed by atoms with Crippen LogP contribution in [0.5, 0.6) is 0 Å². The van der Waals surface area contributed by atoms with Gasteiger partial charge in [0.2, 0.25) is 0 Å². The van der Waals surface area contributed by atoms with Gasteiger partial charge >= 0.3 is 5.97 Å². The molecule has 1 heterocycles. The maximum atomic E-state index is 11.1. The first-order valence-electron chi connectivity index (χ1n) is 4.45. The van der Waals surface area contributed by atoms with Gasteiger partial charge in [-0.05, 0) is 20.8 Å². The van der Waals surface area contributed by atoms with E-state index in [0.717, 1.165) is 0 Å². The number of hydrogen-bond donors (Lipinski definition) is 1. The zero-order valence-corrected chi connectivity index (χ0v) is 9.11. The van der Waals surface area contributed by atoms with E-state index in [-0.39, 0.29) is 11.5 Å². The molecular weight excluding hydrogens is 198 g/mol. The lowest BCUT2D eigenvalue weighted by atomic mass is 10.1. The van der Waals surface area contributed by atoms with Gasteiger partial charge in [-0.2, -0.15) is 0 Å². The van der Waals surface area contributed by atoms with Crippen molar-refractivity contribution in [3.05, 3.63) is 11.4 Å². The molecule has 0 saturated heterocycles. The van der Waals surface area contributed by atoms with Gasteiger partial charge in [0.1, 0.15) is 0 Å². The second-order valence-electron chi connectivity index (χ2n) is 3.86. The number of carboxylic acids is 1. The van der Waals surface area contributed by atoms with Crippen LogP contribution in [0.2, 0.25) is 0 Å². The highest BCUT2D eigenvalue weighted by atomic mass is 16.4. The highest BCUT2D eigenvalue weighted by Gasteiger charge is 2.33. The van der Waals surface area contributed by atoms with Crippen molar-refractivity contribution in [3.8, 4) is 0 Å². The fourth-order valence-corrected chi connectivity index (χ4v) is 1.28. The summed E-state index contributed by atoms with van der Waals surface area (Å²) in [6.07, 6.45) is 0. The summed E-state index contributed by atoms with van der Waals surface area (Å²) in [4.78, 5) is 22.1. The topological polar surface area (TPSA) is 85.1 Å². The molecular formula is C9H13N3O3. The molecule has 0 unspecified atom stereocenters. The summed E-state index contributed by atoms with van der Waals surface area (Å²) in [6, 6.07) is 0. The van der Waals surface area contributed by atoms with Crippen molar-refractivity contribution in [3.63, 3.8) is 0 Å². The van der Waals surface area contributed by atoms with E-state index in [1.807, 2.05) is 0 Å². The number of aromatic nitrogens is 3. The van der Waals surface area contributed by atoms with Gasteiger partial charge in [-0.25, -0.2) is 9.48 Å². The summed E-state index contributed by atoms with van der Waals surface area (Å²) in [5, 5.41) is 16.4. The highest BCUT2D eigenvalue weighted by Crippen LogP contribution is 2.18. The number of aliphatic carboxylic acids is 1. The van der Waals surface area contributed by atoms with E-state index in [1.54, 1.807) is 6.92 Å². The molecule has 1 rings (SSSR count). The Kier molecular flexibility index (Phi) is 2.61. The predicted molar refractivity (Wildman–Crippen MR) is 51.7 cm³/mol. The normalized spacial score (nSPS) is 11.5. The minimum atomic E-state index is -1.20. The van der Waals surface area contributed by atoms with Gasteiger partial charge in [0, 0.05) is 6.92 Å². The van der Waals surface area contributed by atoms with Crippen LogP contribution in [0.25, 0.3) is 0 Å². The van der Waals surface area contributed by atoms with Crippen LogP contribution in [0.3, 0.4) is 0 Å². The van der Waals surface area contributed by atoms with Crippen molar-refractivity contribution in [2.45, 2.75) is 33.2 Å². The van der Waals surface area contributed by atoms with Crippen molar-refractivity contribution >= 4 is 11.8 Å². The monoisotopic (exact) mass is 211 g/mol. The lowest BCUT2D eigenvalue weighted by Gasteiger charge is -2.20. The summed E-state index contributed by atoms with van der Waals surface area (Å²) < 4.78 is 1.24. The van der Waals surface area contributed by atoms with Crippen LogP contribution in [0.4, 0.5) is 0 Å². The van der Waals surface area contributed by atoms with Crippen LogP contribution in [0.1, 0.15) is 37.0 Å². The molecule has 0 atom stereocenters. The molecule has 82 valence electrons. The Morgan fingerprint density at radius 1 is 1.40 bits per heavy atom. The molecule has 0 spiro atoms. The van der Waals surface area contributed by atoms with Crippen LogP contribution < -0.4 is 0 Å². The quantitative estimate of drug-likeness (QED) is 0.740. The van der Waals surface area contributed by atoms with E-state index in [1.165, 1.54) is 25.5 Å². The molecule has 0 aliphatic carbocycles. The molecule has 0 radical (unpaired) electrons. The van der Waals surface area contributed by atoms with Gasteiger partial charge in [0.05, 0.1) is 5.69 Å². The number of ketones is 1. The molecule has 0 amide bonds. The van der Waals surface area contributed by atoms with Gasteiger partial charge in [0.25, 0.3) is 0 Å². The van der Waals surface area contributed by atoms with Crippen molar-refractivity contribution in [1.29, 1.82) is 0 Å². The van der Waals surface area contributed by atoms with Gasteiger partial charge in [-0.1, -0.05) is 5.21 Å². The number of rotatable bonds is 3. The summed E-state index contributed by atoms with van der Waals surface area (Å²) in [5.41, 5.74) is -0.524. The standard InChI is InChI=1S/C9H13N3O3/c1-5-7(6(2)13)10-11-12(5)9(3,4)8(14)15/h1-4H3,(H,14,15). The fourth-order valence-electron chi connectivity index (χ4n) is 1.28. The molecule has 0 aliphatic heterocycles. The van der Waals surface area contributed by atoms with Crippen molar-refractivity contribution in [2.75, 3.05) is 0 Å². The minimum absolute atomic E-state index is 0.212. The summed E-state index contributed by atoms with van der Waals surface area (Å²) >= 11 is 0. The Labute approximate surface area is 86.9 Å². The number of nitrogens with zero attached hydrogens (tertiary/aromatic N) is 3. The lowest BCUT2D eigenvalue weighted by Crippen LogP contribution is -2.37. The molecule has 0 aliphatic rings. The largest absolute Gasteiger partial charge is 0.479 e. The second kappa shape index (κ2) is 3.45. The van der Waals surface area contributed by atoms with Crippen molar-refractivity contribution < 1.29 is 14.7 Å². The Morgan fingerprint density at radius 2 is 1.93 bits per heavy atom.